The minimum atomic E-state index is -5.08. The van der Waals surface area contributed by atoms with E-state index in [1.54, 1.807) is 13.8 Å². The topological polar surface area (TPSA) is 78.4 Å². The maximum Gasteiger partial charge on any atom is 0.422 e. The van der Waals surface area contributed by atoms with Gasteiger partial charge < -0.3 is 15.7 Å². The molecule has 0 aromatic carbocycles. The van der Waals surface area contributed by atoms with Gasteiger partial charge in [0.1, 0.15) is 0 Å². The number of nitrogens with one attached hydrogen (secondary N) is 2. The third-order valence-electron chi connectivity index (χ3n) is 2.35. The Labute approximate surface area is 96.4 Å². The zero-order valence-electron chi connectivity index (χ0n) is 9.68. The van der Waals surface area contributed by atoms with Gasteiger partial charge in [0, 0.05) is 6.04 Å². The average Bonchev–Trinajstić information content (AvgIpc) is 2.14. The molecule has 0 saturated heterocycles. The number of carboxylic acids is 1. The zero-order chi connectivity index (χ0) is 13.9. The molecule has 2 unspecified atom stereocenters. The van der Waals surface area contributed by atoms with E-state index in [0.29, 0.717) is 13.3 Å². The van der Waals surface area contributed by atoms with Gasteiger partial charge in [0.2, 0.25) is 5.54 Å². The van der Waals surface area contributed by atoms with Crippen LogP contribution in [-0.4, -0.2) is 34.9 Å². The van der Waals surface area contributed by atoms with Gasteiger partial charge >= 0.3 is 18.2 Å². The van der Waals surface area contributed by atoms with Crippen molar-refractivity contribution in [3.63, 3.8) is 0 Å². The van der Waals surface area contributed by atoms with E-state index in [4.69, 9.17) is 5.11 Å². The summed E-state index contributed by atoms with van der Waals surface area (Å²) in [6, 6.07) is -1.51. The summed E-state index contributed by atoms with van der Waals surface area (Å²) in [5.74, 6) is -2.16. The normalized spacial score (nSPS) is 16.8. The van der Waals surface area contributed by atoms with E-state index in [0.717, 1.165) is 0 Å². The van der Waals surface area contributed by atoms with Crippen molar-refractivity contribution >= 4 is 12.0 Å². The molecule has 0 spiro atoms. The van der Waals surface area contributed by atoms with Crippen molar-refractivity contribution < 1.29 is 27.9 Å². The Morgan fingerprint density at radius 2 is 1.82 bits per heavy atom. The lowest BCUT2D eigenvalue weighted by Gasteiger charge is -2.29. The highest BCUT2D eigenvalue weighted by molar-refractivity contribution is 5.86. The van der Waals surface area contributed by atoms with Crippen molar-refractivity contribution in [3.05, 3.63) is 0 Å². The molecule has 0 fully saturated rings. The lowest BCUT2D eigenvalue weighted by Crippen LogP contribution is -2.64. The number of halogens is 3. The molecule has 0 aromatic rings. The molecule has 8 heteroatoms. The average molecular weight is 256 g/mol. The van der Waals surface area contributed by atoms with Gasteiger partial charge in [0.15, 0.2) is 0 Å². The van der Waals surface area contributed by atoms with E-state index in [2.05, 4.69) is 5.32 Å². The number of carbonyl (C=O) groups is 2. The van der Waals surface area contributed by atoms with Crippen molar-refractivity contribution in [2.24, 2.45) is 0 Å². The van der Waals surface area contributed by atoms with Gasteiger partial charge in [0.25, 0.3) is 0 Å². The Bertz CT molecular complexity index is 306. The van der Waals surface area contributed by atoms with Gasteiger partial charge in [-0.15, -0.1) is 0 Å². The van der Waals surface area contributed by atoms with E-state index in [1.807, 2.05) is 0 Å². The van der Waals surface area contributed by atoms with E-state index >= 15 is 0 Å². The molecule has 0 aliphatic heterocycles. The number of carbonyl (C=O) groups excluding carboxylic acids is 1. The van der Waals surface area contributed by atoms with Gasteiger partial charge in [-0.2, -0.15) is 13.2 Å². The van der Waals surface area contributed by atoms with Crippen LogP contribution in [0.2, 0.25) is 0 Å². The molecule has 0 rings (SSSR count). The molecule has 100 valence electrons. The predicted octanol–water partition coefficient (Wildman–Crippen LogP) is 1.49. The van der Waals surface area contributed by atoms with E-state index < -0.39 is 23.7 Å². The fourth-order valence-electron chi connectivity index (χ4n) is 0.835. The first-order valence-corrected chi connectivity index (χ1v) is 4.93. The molecule has 0 heterocycles. The molecule has 0 aliphatic rings. The number of amides is 2. The molecule has 0 bridgehead atoms. The van der Waals surface area contributed by atoms with Crippen LogP contribution in [0.25, 0.3) is 0 Å². The van der Waals surface area contributed by atoms with Crippen LogP contribution in [0.4, 0.5) is 18.0 Å². The number of rotatable bonds is 4. The summed E-state index contributed by atoms with van der Waals surface area (Å²) in [4.78, 5) is 21.8. The summed E-state index contributed by atoms with van der Waals surface area (Å²) >= 11 is 0. The second-order valence-electron chi connectivity index (χ2n) is 3.84. The molecule has 0 saturated carbocycles. The monoisotopic (exact) mass is 256 g/mol. The fourth-order valence-corrected chi connectivity index (χ4v) is 0.835. The third kappa shape index (κ3) is 3.79. The second-order valence-corrected chi connectivity index (χ2v) is 3.84. The highest BCUT2D eigenvalue weighted by atomic mass is 19.4. The van der Waals surface area contributed by atoms with Crippen LogP contribution in [-0.2, 0) is 4.79 Å². The van der Waals surface area contributed by atoms with E-state index in [9.17, 15) is 22.8 Å². The number of hydrogen-bond donors (Lipinski definition) is 3. The lowest BCUT2D eigenvalue weighted by molar-refractivity contribution is -0.203. The first-order valence-electron chi connectivity index (χ1n) is 4.93. The number of alkyl halides is 3. The van der Waals surface area contributed by atoms with Gasteiger partial charge in [0.05, 0.1) is 0 Å². The molecule has 3 N–H and O–H groups in total. The molecule has 2 atom stereocenters. The number of hydrogen-bond acceptors (Lipinski definition) is 2. The summed E-state index contributed by atoms with van der Waals surface area (Å²) in [7, 11) is 0. The van der Waals surface area contributed by atoms with Crippen LogP contribution in [0.15, 0.2) is 0 Å². The maximum absolute atomic E-state index is 12.5. The first-order chi connectivity index (χ1) is 7.54. The molecule has 0 radical (unpaired) electrons. The minimum absolute atomic E-state index is 0.346. The second kappa shape index (κ2) is 5.24. The summed E-state index contributed by atoms with van der Waals surface area (Å²) in [5.41, 5.74) is -3.30. The molecule has 17 heavy (non-hydrogen) atoms. The van der Waals surface area contributed by atoms with Crippen LogP contribution in [0.3, 0.4) is 0 Å². The first kappa shape index (κ1) is 15.5. The molecular formula is C9H15F3N2O3. The standard InChI is InChI=1S/C9H15F3N2O3/c1-4-5(2)13-7(17)14-8(3,6(15)16)9(10,11)12/h5H,4H2,1-3H3,(H,15,16)(H2,13,14,17). The number of urea groups is 1. The van der Waals surface area contributed by atoms with Gasteiger partial charge in [-0.1, -0.05) is 6.92 Å². The summed E-state index contributed by atoms with van der Waals surface area (Å²) in [6.45, 7) is 3.71. The van der Waals surface area contributed by atoms with Gasteiger partial charge in [-0.25, -0.2) is 9.59 Å². The molecule has 2 amide bonds. The van der Waals surface area contributed by atoms with E-state index in [-0.39, 0.29) is 6.04 Å². The molecule has 0 aliphatic carbocycles. The van der Waals surface area contributed by atoms with Crippen LogP contribution >= 0.6 is 0 Å². The molecule has 0 aromatic heterocycles. The summed E-state index contributed by atoms with van der Waals surface area (Å²) in [5, 5.41) is 12.2. The zero-order valence-corrected chi connectivity index (χ0v) is 9.68. The number of aliphatic carboxylic acids is 1. The van der Waals surface area contributed by atoms with E-state index in [1.165, 1.54) is 5.32 Å². The smallest absolute Gasteiger partial charge is 0.422 e. The Balaban J connectivity index is 4.80. The van der Waals surface area contributed by atoms with Crippen LogP contribution in [0.1, 0.15) is 27.2 Å². The largest absolute Gasteiger partial charge is 0.479 e. The molecule has 5 nitrogen and oxygen atoms in total. The van der Waals surface area contributed by atoms with Crippen molar-refractivity contribution in [3.8, 4) is 0 Å². The predicted molar refractivity (Wildman–Crippen MR) is 53.5 cm³/mol. The highest BCUT2D eigenvalue weighted by Gasteiger charge is 2.58. The Hall–Kier alpha value is -1.47. The van der Waals surface area contributed by atoms with Crippen LogP contribution in [0, 0.1) is 0 Å². The Morgan fingerprint density at radius 1 is 1.35 bits per heavy atom. The summed E-state index contributed by atoms with van der Waals surface area (Å²) < 4.78 is 37.5. The fraction of sp³-hybridized carbons (Fsp3) is 0.778. The van der Waals surface area contributed by atoms with Gasteiger partial charge in [-0.05, 0) is 20.3 Å². The van der Waals surface area contributed by atoms with Crippen LogP contribution in [0.5, 0.6) is 0 Å². The Kier molecular flexibility index (Phi) is 4.79. The van der Waals surface area contributed by atoms with Gasteiger partial charge in [-0.3, -0.25) is 0 Å². The quantitative estimate of drug-likeness (QED) is 0.713. The van der Waals surface area contributed by atoms with Crippen molar-refractivity contribution in [1.29, 1.82) is 0 Å². The summed E-state index contributed by atoms with van der Waals surface area (Å²) in [6.07, 6.45) is -4.56. The maximum atomic E-state index is 12.5. The third-order valence-corrected chi connectivity index (χ3v) is 2.35. The van der Waals surface area contributed by atoms with Crippen molar-refractivity contribution in [2.45, 2.75) is 44.9 Å². The lowest BCUT2D eigenvalue weighted by atomic mass is 10.0. The SMILES string of the molecule is CCC(C)NC(=O)NC(C)(C(=O)O)C(F)(F)F. The highest BCUT2D eigenvalue weighted by Crippen LogP contribution is 2.30. The minimum Gasteiger partial charge on any atom is -0.479 e. The van der Waals surface area contributed by atoms with Crippen LogP contribution < -0.4 is 10.6 Å². The Morgan fingerprint density at radius 3 is 2.12 bits per heavy atom. The molecular weight excluding hydrogens is 241 g/mol. The van der Waals surface area contributed by atoms with Crippen molar-refractivity contribution in [1.82, 2.24) is 10.6 Å². The van der Waals surface area contributed by atoms with Crippen molar-refractivity contribution in [2.75, 3.05) is 0 Å². The number of carboxylic acid groups (broad SMARTS) is 1.